The molecule has 2 aromatic rings. The van der Waals surface area contributed by atoms with Gasteiger partial charge in [-0.1, -0.05) is 0 Å². The van der Waals surface area contributed by atoms with Crippen molar-refractivity contribution in [2.75, 3.05) is 57.2 Å². The van der Waals surface area contributed by atoms with Crippen molar-refractivity contribution < 1.29 is 9.47 Å². The molecule has 4 rings (SSSR count). The van der Waals surface area contributed by atoms with Crippen LogP contribution in [0, 0.1) is 0 Å². The summed E-state index contributed by atoms with van der Waals surface area (Å²) >= 11 is 1.86. The van der Waals surface area contributed by atoms with E-state index in [9.17, 15) is 0 Å². The molecule has 0 atom stereocenters. The van der Waals surface area contributed by atoms with E-state index in [0.29, 0.717) is 6.61 Å². The Hall–Kier alpha value is -1.66. The van der Waals surface area contributed by atoms with Crippen LogP contribution in [0.5, 0.6) is 11.5 Å². The van der Waals surface area contributed by atoms with E-state index in [0.717, 1.165) is 60.9 Å². The van der Waals surface area contributed by atoms with Gasteiger partial charge < -0.3 is 19.7 Å². The molecule has 158 valence electrons. The standard InChI is InChI=1S/C23H33N3O2S/c1-27-21-15-19-17-7-5-8-18(17)23(24-9-14-29-2)25-20(19)16-22(21)28-13-6-12-26-10-3-4-11-26/h15-16H,3-14H2,1-2H3,(H,24,25). The molecule has 1 saturated heterocycles. The van der Waals surface area contributed by atoms with E-state index in [4.69, 9.17) is 14.5 Å². The summed E-state index contributed by atoms with van der Waals surface area (Å²) < 4.78 is 11.8. The average molecular weight is 416 g/mol. The quantitative estimate of drug-likeness (QED) is 0.582. The normalized spacial score (nSPS) is 16.3. The smallest absolute Gasteiger partial charge is 0.163 e. The topological polar surface area (TPSA) is 46.6 Å². The Morgan fingerprint density at radius 3 is 2.72 bits per heavy atom. The summed E-state index contributed by atoms with van der Waals surface area (Å²) in [6, 6.07) is 4.20. The van der Waals surface area contributed by atoms with Crippen LogP contribution in [0.1, 0.15) is 36.8 Å². The Morgan fingerprint density at radius 2 is 1.93 bits per heavy atom. The van der Waals surface area contributed by atoms with E-state index in [1.165, 1.54) is 48.9 Å². The van der Waals surface area contributed by atoms with Crippen LogP contribution >= 0.6 is 11.8 Å². The molecule has 2 heterocycles. The number of fused-ring (bicyclic) bond motifs is 3. The van der Waals surface area contributed by atoms with E-state index in [1.54, 1.807) is 7.11 Å². The van der Waals surface area contributed by atoms with Crippen molar-refractivity contribution in [1.29, 1.82) is 0 Å². The Labute approximate surface area is 178 Å². The highest BCUT2D eigenvalue weighted by Gasteiger charge is 2.21. The third-order valence-corrected chi connectivity index (χ3v) is 6.63. The third kappa shape index (κ3) is 4.75. The number of rotatable bonds is 10. The SMILES string of the molecule is COc1cc2c3c(c(NCCSC)nc2cc1OCCCN1CCCC1)CCC3. The van der Waals surface area contributed by atoms with Crippen molar-refractivity contribution in [2.45, 2.75) is 38.5 Å². The zero-order chi connectivity index (χ0) is 20.1. The summed E-state index contributed by atoms with van der Waals surface area (Å²) in [5.74, 6) is 3.77. The fraction of sp³-hybridized carbons (Fsp3) is 0.609. The first-order valence-electron chi connectivity index (χ1n) is 10.9. The van der Waals surface area contributed by atoms with Gasteiger partial charge in [0.15, 0.2) is 11.5 Å². The van der Waals surface area contributed by atoms with Gasteiger partial charge in [-0.3, -0.25) is 0 Å². The van der Waals surface area contributed by atoms with Crippen LogP contribution in [0.3, 0.4) is 0 Å². The largest absolute Gasteiger partial charge is 0.493 e. The lowest BCUT2D eigenvalue weighted by atomic mass is 10.0. The number of aromatic nitrogens is 1. The predicted molar refractivity (Wildman–Crippen MR) is 123 cm³/mol. The van der Waals surface area contributed by atoms with Crippen molar-refractivity contribution in [2.24, 2.45) is 0 Å². The minimum Gasteiger partial charge on any atom is -0.493 e. The van der Waals surface area contributed by atoms with Crippen molar-refractivity contribution in [3.63, 3.8) is 0 Å². The number of hydrogen-bond donors (Lipinski definition) is 1. The molecule has 5 nitrogen and oxygen atoms in total. The van der Waals surface area contributed by atoms with Crippen LogP contribution in [0.2, 0.25) is 0 Å². The summed E-state index contributed by atoms with van der Waals surface area (Å²) in [7, 11) is 1.73. The summed E-state index contributed by atoms with van der Waals surface area (Å²) in [5, 5.41) is 4.78. The van der Waals surface area contributed by atoms with Gasteiger partial charge in [0.05, 0.1) is 19.2 Å². The molecule has 2 aliphatic rings. The molecule has 0 unspecified atom stereocenters. The van der Waals surface area contributed by atoms with Gasteiger partial charge in [0, 0.05) is 30.3 Å². The number of pyridine rings is 1. The average Bonchev–Trinajstić information content (AvgIpc) is 3.43. The second-order valence-electron chi connectivity index (χ2n) is 7.96. The maximum absolute atomic E-state index is 6.14. The molecule has 0 amide bonds. The van der Waals surface area contributed by atoms with Gasteiger partial charge in [0.2, 0.25) is 0 Å². The van der Waals surface area contributed by atoms with Crippen molar-refractivity contribution in [1.82, 2.24) is 9.88 Å². The van der Waals surface area contributed by atoms with Gasteiger partial charge in [-0.2, -0.15) is 11.8 Å². The van der Waals surface area contributed by atoms with E-state index < -0.39 is 0 Å². The molecule has 0 radical (unpaired) electrons. The van der Waals surface area contributed by atoms with Crippen LogP contribution in [0.15, 0.2) is 12.1 Å². The van der Waals surface area contributed by atoms with Crippen LogP contribution in [-0.4, -0.2) is 61.8 Å². The number of nitrogens with zero attached hydrogens (tertiary/aromatic N) is 2. The zero-order valence-electron chi connectivity index (χ0n) is 17.8. The number of benzene rings is 1. The Bertz CT molecular complexity index is 837. The van der Waals surface area contributed by atoms with Gasteiger partial charge in [-0.05, 0) is 75.1 Å². The molecule has 1 aromatic carbocycles. The molecule has 1 N–H and O–H groups in total. The number of aryl methyl sites for hydroxylation is 1. The minimum atomic E-state index is 0.710. The second kappa shape index (κ2) is 9.90. The molecular formula is C23H33N3O2S. The minimum absolute atomic E-state index is 0.710. The molecule has 0 spiro atoms. The maximum atomic E-state index is 6.14. The van der Waals surface area contributed by atoms with E-state index in [1.807, 2.05) is 11.8 Å². The van der Waals surface area contributed by atoms with Gasteiger partial charge in [-0.15, -0.1) is 0 Å². The molecule has 1 fully saturated rings. The van der Waals surface area contributed by atoms with Crippen molar-refractivity contribution in [3.8, 4) is 11.5 Å². The first kappa shape index (κ1) is 20.6. The van der Waals surface area contributed by atoms with Crippen LogP contribution < -0.4 is 14.8 Å². The van der Waals surface area contributed by atoms with E-state index in [2.05, 4.69) is 28.6 Å². The lowest BCUT2D eigenvalue weighted by Gasteiger charge is -2.17. The summed E-state index contributed by atoms with van der Waals surface area (Å²) in [6.45, 7) is 5.25. The molecule has 29 heavy (non-hydrogen) atoms. The van der Waals surface area contributed by atoms with Crippen LogP contribution in [0.25, 0.3) is 10.9 Å². The fourth-order valence-electron chi connectivity index (χ4n) is 4.54. The highest BCUT2D eigenvalue weighted by Crippen LogP contribution is 2.39. The monoisotopic (exact) mass is 415 g/mol. The first-order valence-corrected chi connectivity index (χ1v) is 12.3. The predicted octanol–water partition coefficient (Wildman–Crippen LogP) is 4.37. The van der Waals surface area contributed by atoms with Gasteiger partial charge >= 0.3 is 0 Å². The maximum Gasteiger partial charge on any atom is 0.163 e. The number of ether oxygens (including phenoxy) is 2. The number of methoxy groups -OCH3 is 1. The molecular weight excluding hydrogens is 382 g/mol. The Kier molecular flexibility index (Phi) is 7.03. The number of thioether (sulfide) groups is 1. The van der Waals surface area contributed by atoms with Gasteiger partial charge in [0.1, 0.15) is 5.82 Å². The van der Waals surface area contributed by atoms with E-state index >= 15 is 0 Å². The van der Waals surface area contributed by atoms with Crippen LogP contribution in [0.4, 0.5) is 5.82 Å². The highest BCUT2D eigenvalue weighted by atomic mass is 32.2. The summed E-state index contributed by atoms with van der Waals surface area (Å²) in [5.41, 5.74) is 3.83. The molecule has 0 bridgehead atoms. The molecule has 0 saturated carbocycles. The molecule has 1 aromatic heterocycles. The van der Waals surface area contributed by atoms with E-state index in [-0.39, 0.29) is 0 Å². The molecule has 1 aliphatic heterocycles. The Morgan fingerprint density at radius 1 is 1.10 bits per heavy atom. The fourth-order valence-corrected chi connectivity index (χ4v) is 4.85. The van der Waals surface area contributed by atoms with Crippen LogP contribution in [-0.2, 0) is 12.8 Å². The van der Waals surface area contributed by atoms with Crippen molar-refractivity contribution >= 4 is 28.5 Å². The number of anilines is 1. The second-order valence-corrected chi connectivity index (χ2v) is 8.95. The number of hydrogen-bond acceptors (Lipinski definition) is 6. The first-order chi connectivity index (χ1) is 14.3. The third-order valence-electron chi connectivity index (χ3n) is 6.02. The zero-order valence-corrected chi connectivity index (χ0v) is 18.6. The number of nitrogens with one attached hydrogen (secondary N) is 1. The molecule has 1 aliphatic carbocycles. The van der Waals surface area contributed by atoms with Crippen molar-refractivity contribution in [3.05, 3.63) is 23.3 Å². The summed E-state index contributed by atoms with van der Waals surface area (Å²) in [4.78, 5) is 7.51. The molecule has 6 heteroatoms. The lowest BCUT2D eigenvalue weighted by molar-refractivity contribution is 0.254. The lowest BCUT2D eigenvalue weighted by Crippen LogP contribution is -2.21. The van der Waals surface area contributed by atoms with Gasteiger partial charge in [-0.25, -0.2) is 4.98 Å². The Balaban J connectivity index is 1.53. The number of likely N-dealkylation sites (tertiary alicyclic amines) is 1. The van der Waals surface area contributed by atoms with Gasteiger partial charge in [0.25, 0.3) is 0 Å². The summed E-state index contributed by atoms with van der Waals surface area (Å²) in [6.07, 6.45) is 9.28. The highest BCUT2D eigenvalue weighted by molar-refractivity contribution is 7.98.